The van der Waals surface area contributed by atoms with Gasteiger partial charge in [0.2, 0.25) is 11.8 Å². The molecule has 2 rings (SSSR count). The van der Waals surface area contributed by atoms with E-state index in [1.807, 2.05) is 30.3 Å². The number of amides is 3. The third kappa shape index (κ3) is 7.76. The largest absolute Gasteiger partial charge is 0.480 e. The van der Waals surface area contributed by atoms with E-state index in [1.54, 1.807) is 34.6 Å². The normalized spacial score (nSPS) is 17.9. The zero-order valence-corrected chi connectivity index (χ0v) is 20.0. The fourth-order valence-electron chi connectivity index (χ4n) is 3.74. The molecule has 182 valence electrons. The molecule has 3 atom stereocenters. The Morgan fingerprint density at radius 1 is 1.12 bits per heavy atom. The average Bonchev–Trinajstić information content (AvgIpc) is 3.20. The predicted molar refractivity (Wildman–Crippen MR) is 122 cm³/mol. The summed E-state index contributed by atoms with van der Waals surface area (Å²) in [4.78, 5) is 51.6. The number of rotatable bonds is 8. The van der Waals surface area contributed by atoms with Crippen molar-refractivity contribution in [1.82, 2.24) is 15.5 Å². The van der Waals surface area contributed by atoms with Gasteiger partial charge in [0, 0.05) is 13.0 Å². The standard InChI is InChI=1S/C24H35N3O6/c1-15(2)19(21(29)27-13-9-12-18(27)22(30)31)26-20(28)17(14-16-10-7-6-8-11-16)25-23(32)33-24(3,4)5/h6-8,10-11,15,17-19H,9,12-14H2,1-5H3,(H,25,32)(H,26,28)(H,30,31)/t17-,18-,19-/m0/s1. The second kappa shape index (κ2) is 11.2. The number of benzene rings is 1. The number of carbonyl (C=O) groups excluding carboxylic acids is 3. The number of carboxylic acids is 1. The van der Waals surface area contributed by atoms with Gasteiger partial charge in [-0.25, -0.2) is 9.59 Å². The lowest BCUT2D eigenvalue weighted by Crippen LogP contribution is -2.58. The molecule has 1 aliphatic rings. The molecule has 0 spiro atoms. The summed E-state index contributed by atoms with van der Waals surface area (Å²) < 4.78 is 5.31. The summed E-state index contributed by atoms with van der Waals surface area (Å²) in [5.41, 5.74) is 0.0854. The van der Waals surface area contributed by atoms with E-state index in [-0.39, 0.29) is 12.3 Å². The summed E-state index contributed by atoms with van der Waals surface area (Å²) in [6, 6.07) is 6.39. The molecule has 1 fully saturated rings. The second-order valence-corrected chi connectivity index (χ2v) is 9.65. The van der Waals surface area contributed by atoms with Gasteiger partial charge < -0.3 is 25.4 Å². The van der Waals surface area contributed by atoms with Crippen molar-refractivity contribution in [3.05, 3.63) is 35.9 Å². The molecule has 1 aromatic carbocycles. The maximum atomic E-state index is 13.2. The molecule has 33 heavy (non-hydrogen) atoms. The molecule has 1 aromatic rings. The molecule has 0 radical (unpaired) electrons. The summed E-state index contributed by atoms with van der Waals surface area (Å²) in [5.74, 6) is -2.31. The van der Waals surface area contributed by atoms with Crippen LogP contribution in [0.1, 0.15) is 53.0 Å². The number of carbonyl (C=O) groups is 4. The van der Waals surface area contributed by atoms with Crippen molar-refractivity contribution >= 4 is 23.9 Å². The van der Waals surface area contributed by atoms with Gasteiger partial charge in [0.15, 0.2) is 0 Å². The van der Waals surface area contributed by atoms with Crippen molar-refractivity contribution in [2.45, 2.75) is 77.6 Å². The lowest BCUT2D eigenvalue weighted by molar-refractivity contribution is -0.150. The number of hydrogen-bond donors (Lipinski definition) is 3. The van der Waals surface area contributed by atoms with Crippen molar-refractivity contribution in [3.63, 3.8) is 0 Å². The van der Waals surface area contributed by atoms with Gasteiger partial charge in [0.1, 0.15) is 23.7 Å². The minimum absolute atomic E-state index is 0.201. The summed E-state index contributed by atoms with van der Waals surface area (Å²) in [7, 11) is 0. The van der Waals surface area contributed by atoms with Crippen LogP contribution in [0, 0.1) is 5.92 Å². The molecular weight excluding hydrogens is 426 g/mol. The van der Waals surface area contributed by atoms with E-state index >= 15 is 0 Å². The van der Waals surface area contributed by atoms with Crippen LogP contribution in [0.2, 0.25) is 0 Å². The van der Waals surface area contributed by atoms with Crippen molar-refractivity contribution in [3.8, 4) is 0 Å². The van der Waals surface area contributed by atoms with Gasteiger partial charge >= 0.3 is 12.1 Å². The Kier molecular flexibility index (Phi) is 8.84. The van der Waals surface area contributed by atoms with Crippen LogP contribution in [0.5, 0.6) is 0 Å². The zero-order valence-electron chi connectivity index (χ0n) is 20.0. The fourth-order valence-corrected chi connectivity index (χ4v) is 3.74. The van der Waals surface area contributed by atoms with Crippen LogP contribution >= 0.6 is 0 Å². The van der Waals surface area contributed by atoms with Gasteiger partial charge in [0.25, 0.3) is 0 Å². The van der Waals surface area contributed by atoms with Gasteiger partial charge in [-0.2, -0.15) is 0 Å². The Hall–Kier alpha value is -3.10. The molecule has 9 heteroatoms. The Labute approximate surface area is 194 Å². The van der Waals surface area contributed by atoms with Gasteiger partial charge in [-0.05, 0) is 45.1 Å². The average molecular weight is 462 g/mol. The second-order valence-electron chi connectivity index (χ2n) is 9.65. The van der Waals surface area contributed by atoms with E-state index < -0.39 is 47.6 Å². The van der Waals surface area contributed by atoms with E-state index in [0.717, 1.165) is 5.56 Å². The number of alkyl carbamates (subject to hydrolysis) is 1. The van der Waals surface area contributed by atoms with Crippen LogP contribution in [0.4, 0.5) is 4.79 Å². The number of nitrogens with one attached hydrogen (secondary N) is 2. The summed E-state index contributed by atoms with van der Waals surface area (Å²) >= 11 is 0. The van der Waals surface area contributed by atoms with Gasteiger partial charge in [-0.15, -0.1) is 0 Å². The Balaban J connectivity index is 2.20. The predicted octanol–water partition coefficient (Wildman–Crippen LogP) is 2.34. The van der Waals surface area contributed by atoms with E-state index in [4.69, 9.17) is 4.74 Å². The molecule has 0 saturated carbocycles. The van der Waals surface area contributed by atoms with Crippen molar-refractivity contribution in [2.75, 3.05) is 6.54 Å². The maximum Gasteiger partial charge on any atom is 0.408 e. The molecule has 9 nitrogen and oxygen atoms in total. The van der Waals surface area contributed by atoms with Crippen LogP contribution < -0.4 is 10.6 Å². The Bertz CT molecular complexity index is 850. The number of aliphatic carboxylic acids is 1. The quantitative estimate of drug-likeness (QED) is 0.546. The minimum atomic E-state index is -1.05. The summed E-state index contributed by atoms with van der Waals surface area (Å²) in [5, 5.41) is 14.8. The lowest BCUT2D eigenvalue weighted by Gasteiger charge is -2.31. The molecular formula is C24H35N3O6. The van der Waals surface area contributed by atoms with Crippen LogP contribution in [-0.4, -0.2) is 64.2 Å². The number of likely N-dealkylation sites (tertiary alicyclic amines) is 1. The maximum absolute atomic E-state index is 13.2. The van der Waals surface area contributed by atoms with Crippen molar-refractivity contribution in [2.24, 2.45) is 5.92 Å². The highest BCUT2D eigenvalue weighted by atomic mass is 16.6. The molecule has 1 aliphatic heterocycles. The van der Waals surface area contributed by atoms with Crippen LogP contribution in [0.25, 0.3) is 0 Å². The zero-order chi connectivity index (χ0) is 24.8. The van der Waals surface area contributed by atoms with Crippen LogP contribution in [-0.2, 0) is 25.5 Å². The van der Waals surface area contributed by atoms with E-state index in [9.17, 15) is 24.3 Å². The first-order valence-electron chi connectivity index (χ1n) is 11.3. The topological polar surface area (TPSA) is 125 Å². The SMILES string of the molecule is CC(C)[C@H](NC(=O)[C@H](Cc1ccccc1)NC(=O)OC(C)(C)C)C(=O)N1CCC[C@H]1C(=O)O. The summed E-state index contributed by atoms with van der Waals surface area (Å²) in [6.07, 6.45) is 0.443. The first-order chi connectivity index (χ1) is 15.4. The van der Waals surface area contributed by atoms with Crippen molar-refractivity contribution < 1.29 is 29.0 Å². The summed E-state index contributed by atoms with van der Waals surface area (Å²) in [6.45, 7) is 9.06. The highest BCUT2D eigenvalue weighted by Crippen LogP contribution is 2.20. The van der Waals surface area contributed by atoms with E-state index in [2.05, 4.69) is 10.6 Å². The Morgan fingerprint density at radius 2 is 1.76 bits per heavy atom. The smallest absolute Gasteiger partial charge is 0.408 e. The Morgan fingerprint density at radius 3 is 2.30 bits per heavy atom. The molecule has 0 aromatic heterocycles. The lowest BCUT2D eigenvalue weighted by atomic mass is 10.00. The fraction of sp³-hybridized carbons (Fsp3) is 0.583. The third-order valence-corrected chi connectivity index (χ3v) is 5.34. The van der Waals surface area contributed by atoms with E-state index in [0.29, 0.717) is 19.4 Å². The monoisotopic (exact) mass is 461 g/mol. The highest BCUT2D eigenvalue weighted by molar-refractivity contribution is 5.93. The molecule has 3 amide bonds. The molecule has 0 bridgehead atoms. The molecule has 1 saturated heterocycles. The van der Waals surface area contributed by atoms with Gasteiger partial charge in [0.05, 0.1) is 0 Å². The molecule has 3 N–H and O–H groups in total. The van der Waals surface area contributed by atoms with Gasteiger partial charge in [-0.1, -0.05) is 44.2 Å². The molecule has 1 heterocycles. The minimum Gasteiger partial charge on any atom is -0.480 e. The molecule has 0 aliphatic carbocycles. The number of ether oxygens (including phenoxy) is 1. The number of carboxylic acid groups (broad SMARTS) is 1. The van der Waals surface area contributed by atoms with Gasteiger partial charge in [-0.3, -0.25) is 9.59 Å². The molecule has 0 unspecified atom stereocenters. The first kappa shape index (κ1) is 26.2. The third-order valence-electron chi connectivity index (χ3n) is 5.34. The van der Waals surface area contributed by atoms with E-state index in [1.165, 1.54) is 4.90 Å². The number of nitrogens with zero attached hydrogens (tertiary/aromatic N) is 1. The van der Waals surface area contributed by atoms with Crippen LogP contribution in [0.15, 0.2) is 30.3 Å². The van der Waals surface area contributed by atoms with Crippen LogP contribution in [0.3, 0.4) is 0 Å². The first-order valence-corrected chi connectivity index (χ1v) is 11.3. The number of hydrogen-bond acceptors (Lipinski definition) is 5. The van der Waals surface area contributed by atoms with Crippen molar-refractivity contribution in [1.29, 1.82) is 0 Å². The highest BCUT2D eigenvalue weighted by Gasteiger charge is 2.39.